The van der Waals surface area contributed by atoms with E-state index in [9.17, 15) is 4.39 Å². The lowest BCUT2D eigenvalue weighted by molar-refractivity contribution is 0.351. The van der Waals surface area contributed by atoms with Gasteiger partial charge in [0.25, 0.3) is 0 Å². The average Bonchev–Trinajstić information content (AvgIpc) is 3.00. The highest BCUT2D eigenvalue weighted by atomic mass is 35.5. The fourth-order valence-electron chi connectivity index (χ4n) is 3.20. The van der Waals surface area contributed by atoms with Crippen molar-refractivity contribution in [3.05, 3.63) is 35.0 Å². The first-order valence-electron chi connectivity index (χ1n) is 8.47. The fourth-order valence-corrected chi connectivity index (χ4v) is 3.43. The minimum absolute atomic E-state index is 0.201. The van der Waals surface area contributed by atoms with Crippen molar-refractivity contribution in [2.75, 3.05) is 31.0 Å². The fraction of sp³-hybridized carbons (Fsp3) is 0.368. The summed E-state index contributed by atoms with van der Waals surface area (Å²) in [5.74, 6) is 4.31. The number of nitrogens with one attached hydrogen (secondary N) is 1. The third-order valence-corrected chi connectivity index (χ3v) is 4.77. The third-order valence-electron chi connectivity index (χ3n) is 4.42. The second kappa shape index (κ2) is 8.31. The van der Waals surface area contributed by atoms with Gasteiger partial charge in [0, 0.05) is 30.0 Å². The molecule has 0 saturated heterocycles. The van der Waals surface area contributed by atoms with Crippen LogP contribution in [-0.2, 0) is 6.42 Å². The summed E-state index contributed by atoms with van der Waals surface area (Å²) in [6.07, 6.45) is 7.70. The van der Waals surface area contributed by atoms with Crippen molar-refractivity contribution in [3.8, 4) is 23.8 Å². The monoisotopic (exact) mass is 390 g/mol. The Morgan fingerprint density at radius 2 is 2.19 bits per heavy atom. The van der Waals surface area contributed by atoms with Crippen LogP contribution in [0.4, 0.5) is 15.9 Å². The lowest BCUT2D eigenvalue weighted by atomic mass is 10.1. The zero-order valence-corrected chi connectivity index (χ0v) is 15.9. The van der Waals surface area contributed by atoms with E-state index in [1.165, 1.54) is 6.20 Å². The van der Waals surface area contributed by atoms with Crippen LogP contribution in [0.3, 0.4) is 0 Å². The molecule has 1 aromatic heterocycles. The van der Waals surface area contributed by atoms with E-state index in [-0.39, 0.29) is 6.17 Å². The second-order valence-electron chi connectivity index (χ2n) is 6.00. The molecule has 0 fully saturated rings. The Bertz CT molecular complexity index is 872. The third kappa shape index (κ3) is 3.86. The Kier molecular flexibility index (Phi) is 5.87. The molecule has 1 N–H and O–H groups in total. The van der Waals surface area contributed by atoms with E-state index in [4.69, 9.17) is 27.5 Å². The van der Waals surface area contributed by atoms with Gasteiger partial charge in [-0.25, -0.2) is 4.98 Å². The molecule has 142 valence electrons. The predicted molar refractivity (Wildman–Crippen MR) is 103 cm³/mol. The second-order valence-corrected chi connectivity index (χ2v) is 6.41. The zero-order valence-electron chi connectivity index (χ0n) is 15.1. The van der Waals surface area contributed by atoms with E-state index in [0.29, 0.717) is 47.4 Å². The zero-order chi connectivity index (χ0) is 19.4. The summed E-state index contributed by atoms with van der Waals surface area (Å²) >= 11 is 6.43. The van der Waals surface area contributed by atoms with E-state index in [1.54, 1.807) is 26.4 Å². The molecule has 1 aromatic carbocycles. The number of hydrogen-bond donors (Lipinski definition) is 1. The molecule has 1 aliphatic rings. The van der Waals surface area contributed by atoms with Gasteiger partial charge in [0.1, 0.15) is 6.17 Å². The molecule has 0 bridgehead atoms. The number of anilines is 2. The summed E-state index contributed by atoms with van der Waals surface area (Å²) < 4.78 is 24.5. The van der Waals surface area contributed by atoms with Crippen molar-refractivity contribution in [2.24, 2.45) is 0 Å². The van der Waals surface area contributed by atoms with E-state index in [2.05, 4.69) is 21.2 Å². The molecular weight excluding hydrogens is 371 g/mol. The Morgan fingerprint density at radius 3 is 2.89 bits per heavy atom. The molecule has 0 aliphatic carbocycles. The Labute approximate surface area is 162 Å². The van der Waals surface area contributed by atoms with E-state index in [1.807, 2.05) is 4.90 Å². The van der Waals surface area contributed by atoms with Crippen LogP contribution in [0.25, 0.3) is 0 Å². The van der Waals surface area contributed by atoms with Gasteiger partial charge in [0.05, 0.1) is 26.1 Å². The average molecular weight is 391 g/mol. The smallest absolute Gasteiger partial charge is 0.310 e. The maximum atomic E-state index is 13.6. The van der Waals surface area contributed by atoms with Crippen molar-refractivity contribution < 1.29 is 13.9 Å². The molecule has 2 heterocycles. The number of terminal acetylenes is 1. The van der Waals surface area contributed by atoms with E-state index in [0.717, 1.165) is 12.0 Å². The normalized spacial score (nSPS) is 15.1. The van der Waals surface area contributed by atoms with Crippen molar-refractivity contribution in [1.82, 2.24) is 9.97 Å². The van der Waals surface area contributed by atoms with Crippen LogP contribution in [-0.4, -0.2) is 36.9 Å². The SMILES string of the molecule is C#CCCCN1c2nc(F)ncc2NC1Cc1c(Cl)ccc(OC)c1OC. The number of benzene rings is 1. The molecule has 3 rings (SSSR count). The molecule has 6 nitrogen and oxygen atoms in total. The summed E-state index contributed by atoms with van der Waals surface area (Å²) in [6, 6.07) is 3.52. The molecule has 0 spiro atoms. The van der Waals surface area contributed by atoms with Crippen LogP contribution in [0.1, 0.15) is 18.4 Å². The molecule has 27 heavy (non-hydrogen) atoms. The van der Waals surface area contributed by atoms with Crippen LogP contribution >= 0.6 is 11.6 Å². The molecule has 0 radical (unpaired) electrons. The maximum absolute atomic E-state index is 13.6. The topological polar surface area (TPSA) is 59.5 Å². The number of aromatic nitrogens is 2. The molecule has 0 saturated carbocycles. The molecule has 1 unspecified atom stereocenters. The van der Waals surface area contributed by atoms with Gasteiger partial charge in [0.15, 0.2) is 17.3 Å². The van der Waals surface area contributed by atoms with E-state index >= 15 is 0 Å². The molecule has 1 aliphatic heterocycles. The largest absolute Gasteiger partial charge is 0.493 e. The number of fused-ring (bicyclic) bond motifs is 1. The molecule has 2 aromatic rings. The lowest BCUT2D eigenvalue weighted by Gasteiger charge is -2.27. The quantitative estimate of drug-likeness (QED) is 0.443. The number of ether oxygens (including phenoxy) is 2. The van der Waals surface area contributed by atoms with Gasteiger partial charge in [-0.15, -0.1) is 12.3 Å². The van der Waals surface area contributed by atoms with Gasteiger partial charge in [0.2, 0.25) is 0 Å². The van der Waals surface area contributed by atoms with Crippen LogP contribution in [0.5, 0.6) is 11.5 Å². The van der Waals surface area contributed by atoms with Crippen molar-refractivity contribution >= 4 is 23.1 Å². The van der Waals surface area contributed by atoms with Crippen molar-refractivity contribution in [2.45, 2.75) is 25.4 Å². The summed E-state index contributed by atoms with van der Waals surface area (Å²) in [5, 5.41) is 3.89. The van der Waals surface area contributed by atoms with E-state index < -0.39 is 6.08 Å². The first-order valence-corrected chi connectivity index (χ1v) is 8.85. The van der Waals surface area contributed by atoms with Crippen LogP contribution < -0.4 is 19.7 Å². The molecule has 1 atom stereocenters. The number of methoxy groups -OCH3 is 2. The van der Waals surface area contributed by atoms with Crippen molar-refractivity contribution in [1.29, 1.82) is 0 Å². The Hall–Kier alpha value is -2.72. The first-order chi connectivity index (χ1) is 13.1. The van der Waals surface area contributed by atoms with Crippen LogP contribution in [0, 0.1) is 18.4 Å². The summed E-state index contributed by atoms with van der Waals surface area (Å²) in [5.41, 5.74) is 1.46. The summed E-state index contributed by atoms with van der Waals surface area (Å²) in [4.78, 5) is 9.56. The number of nitrogens with zero attached hydrogens (tertiary/aromatic N) is 3. The Morgan fingerprint density at radius 1 is 1.37 bits per heavy atom. The lowest BCUT2D eigenvalue weighted by Crippen LogP contribution is -2.38. The standard InChI is InChI=1S/C19H20ClFN4O2/c1-4-5-6-9-25-16(23-14-11-22-19(21)24-18(14)25)10-12-13(20)7-8-15(26-2)17(12)27-3/h1,7-8,11,16,23H,5-6,9-10H2,2-3H3. The number of unbranched alkanes of at least 4 members (excludes halogenated alkanes) is 1. The summed E-state index contributed by atoms with van der Waals surface area (Å²) in [6.45, 7) is 0.620. The Balaban J connectivity index is 1.93. The number of halogens is 2. The minimum Gasteiger partial charge on any atom is -0.493 e. The van der Waals surface area contributed by atoms with Crippen molar-refractivity contribution in [3.63, 3.8) is 0 Å². The molecule has 8 heteroatoms. The van der Waals surface area contributed by atoms with Gasteiger partial charge in [-0.2, -0.15) is 9.37 Å². The first kappa shape index (κ1) is 19.1. The predicted octanol–water partition coefficient (Wildman–Crippen LogP) is 3.50. The molecular formula is C19H20ClFN4O2. The van der Waals surface area contributed by atoms with Crippen LogP contribution in [0.2, 0.25) is 5.02 Å². The number of rotatable bonds is 7. The maximum Gasteiger partial charge on any atom is 0.310 e. The van der Waals surface area contributed by atoms with Gasteiger partial charge >= 0.3 is 6.08 Å². The summed E-state index contributed by atoms with van der Waals surface area (Å²) in [7, 11) is 3.14. The highest BCUT2D eigenvalue weighted by Crippen LogP contribution is 2.40. The highest BCUT2D eigenvalue weighted by Gasteiger charge is 2.32. The number of hydrogen-bond acceptors (Lipinski definition) is 6. The van der Waals surface area contributed by atoms with Gasteiger partial charge in [-0.1, -0.05) is 11.6 Å². The van der Waals surface area contributed by atoms with Crippen LogP contribution in [0.15, 0.2) is 18.3 Å². The minimum atomic E-state index is -0.768. The van der Waals surface area contributed by atoms with Gasteiger partial charge in [-0.3, -0.25) is 0 Å². The van der Waals surface area contributed by atoms with Gasteiger partial charge in [-0.05, 0) is 18.6 Å². The highest BCUT2D eigenvalue weighted by molar-refractivity contribution is 6.31. The van der Waals surface area contributed by atoms with Gasteiger partial charge < -0.3 is 19.7 Å². The molecule has 0 amide bonds.